The molecule has 2 heteroatoms. The molecule has 0 aromatic rings. The van der Waals surface area contributed by atoms with Crippen LogP contribution >= 0.6 is 0 Å². The monoisotopic (exact) mass is 346 g/mol. The summed E-state index contributed by atoms with van der Waals surface area (Å²) in [6, 6.07) is 0. The molecule has 1 N–H and O–H groups in total. The lowest BCUT2D eigenvalue weighted by atomic mass is 9.39. The summed E-state index contributed by atoms with van der Waals surface area (Å²) in [6.45, 7) is 9.80. The minimum absolute atomic E-state index is 0.109. The van der Waals surface area contributed by atoms with Gasteiger partial charge >= 0.3 is 0 Å². The van der Waals surface area contributed by atoms with Gasteiger partial charge in [0.25, 0.3) is 0 Å². The Morgan fingerprint density at radius 3 is 2.24 bits per heavy atom. The number of carbonyl (C=O) groups excluding carboxylic acids is 1. The van der Waals surface area contributed by atoms with Gasteiger partial charge in [-0.25, -0.2) is 0 Å². The number of aliphatic hydroxyl groups is 1. The van der Waals surface area contributed by atoms with Gasteiger partial charge in [0.05, 0.1) is 0 Å². The minimum atomic E-state index is -0.259. The third-order valence-electron chi connectivity index (χ3n) is 10.1. The molecule has 2 nitrogen and oxygen atoms in total. The van der Waals surface area contributed by atoms with E-state index >= 15 is 0 Å². The smallest absolute Gasteiger partial charge is 0.161 e. The Morgan fingerprint density at radius 1 is 0.880 bits per heavy atom. The van der Waals surface area contributed by atoms with Crippen LogP contribution in [0.3, 0.4) is 0 Å². The fourth-order valence-electron chi connectivity index (χ4n) is 8.79. The Kier molecular flexibility index (Phi) is 4.19. The van der Waals surface area contributed by atoms with Gasteiger partial charge in [0.2, 0.25) is 0 Å². The van der Waals surface area contributed by atoms with E-state index in [1.54, 1.807) is 0 Å². The van der Waals surface area contributed by atoms with Gasteiger partial charge in [-0.3, -0.25) is 4.79 Å². The van der Waals surface area contributed by atoms with E-state index < -0.39 is 0 Å². The third-order valence-corrected chi connectivity index (χ3v) is 10.1. The Labute approximate surface area is 154 Å². The van der Waals surface area contributed by atoms with Crippen molar-refractivity contribution in [3.05, 3.63) is 0 Å². The van der Waals surface area contributed by atoms with Crippen LogP contribution in [0, 0.1) is 45.8 Å². The first kappa shape index (κ1) is 18.0. The molecule has 4 fully saturated rings. The molecule has 0 aromatic heterocycles. The first-order valence-electron chi connectivity index (χ1n) is 10.9. The van der Waals surface area contributed by atoms with Crippen molar-refractivity contribution in [2.45, 2.75) is 85.5 Å². The normalized spacial score (nSPS) is 55.2. The molecule has 4 aliphatic carbocycles. The van der Waals surface area contributed by atoms with E-state index in [9.17, 15) is 9.90 Å². The van der Waals surface area contributed by atoms with Crippen molar-refractivity contribution in [1.82, 2.24) is 0 Å². The number of rotatable bonds is 2. The second-order valence-corrected chi connectivity index (χ2v) is 11.0. The number of fused-ring (bicyclic) bond motifs is 5. The van der Waals surface area contributed by atoms with Crippen LogP contribution in [0.1, 0.15) is 85.5 Å². The summed E-state index contributed by atoms with van der Waals surface area (Å²) in [5.41, 5.74) is 1.07. The number of hydrogen-bond acceptors (Lipinski definition) is 2. The average Bonchev–Trinajstić information content (AvgIpc) is 2.93. The number of carbonyl (C=O) groups is 1. The first-order chi connectivity index (χ1) is 11.8. The van der Waals surface area contributed by atoms with Gasteiger partial charge in [-0.05, 0) is 91.3 Å². The lowest BCUT2D eigenvalue weighted by Crippen LogP contribution is -2.58. The van der Waals surface area contributed by atoms with Crippen LogP contribution in [0.4, 0.5) is 0 Å². The second kappa shape index (κ2) is 5.81. The lowest BCUT2D eigenvalue weighted by molar-refractivity contribution is -0.171. The Hall–Kier alpha value is -0.370. The molecule has 25 heavy (non-hydrogen) atoms. The van der Waals surface area contributed by atoms with E-state index in [-0.39, 0.29) is 23.7 Å². The largest absolute Gasteiger partial charge is 0.389 e. The zero-order chi connectivity index (χ0) is 18.0. The molecule has 4 rings (SSSR count). The van der Waals surface area contributed by atoms with E-state index in [4.69, 9.17) is 0 Å². The first-order valence-corrected chi connectivity index (χ1v) is 10.9. The average molecular weight is 347 g/mol. The number of hydrogen-bond donors (Lipinski definition) is 1. The topological polar surface area (TPSA) is 37.3 Å². The van der Waals surface area contributed by atoms with Gasteiger partial charge in [0.15, 0.2) is 5.78 Å². The molecule has 0 aliphatic heterocycles. The molecule has 0 aromatic carbocycles. The highest BCUT2D eigenvalue weighted by atomic mass is 16.3. The molecular weight excluding hydrogens is 308 g/mol. The molecule has 0 saturated heterocycles. The standard InChI is InChI=1S/C23H38O2/c1-15-7-10-21(2)16(13-15)8-11-23(4)19-6-5-17(18(25)14-24)22(19,3)12-9-20(21)23/h15-17,19-20,24H,5-14H2,1-4H3/t15-,16?,17+,19?,20?,21-,22+,23-/m0/s1. The molecule has 142 valence electrons. The van der Waals surface area contributed by atoms with Crippen molar-refractivity contribution in [3.8, 4) is 0 Å². The Morgan fingerprint density at radius 2 is 1.52 bits per heavy atom. The van der Waals surface area contributed by atoms with E-state index in [2.05, 4.69) is 27.7 Å². The summed E-state index contributed by atoms with van der Waals surface area (Å²) in [4.78, 5) is 12.4. The van der Waals surface area contributed by atoms with Gasteiger partial charge in [0.1, 0.15) is 6.61 Å². The molecule has 4 aliphatic rings. The lowest BCUT2D eigenvalue weighted by Gasteiger charge is -2.66. The third kappa shape index (κ3) is 2.35. The van der Waals surface area contributed by atoms with Crippen molar-refractivity contribution in [2.24, 2.45) is 45.8 Å². The van der Waals surface area contributed by atoms with Gasteiger partial charge in [0, 0.05) is 5.92 Å². The van der Waals surface area contributed by atoms with E-state index in [0.29, 0.717) is 16.7 Å². The minimum Gasteiger partial charge on any atom is -0.389 e. The van der Waals surface area contributed by atoms with Gasteiger partial charge in [-0.15, -0.1) is 0 Å². The van der Waals surface area contributed by atoms with Crippen molar-refractivity contribution in [3.63, 3.8) is 0 Å². The molecule has 0 amide bonds. The summed E-state index contributed by atoms with van der Waals surface area (Å²) in [5.74, 6) is 3.57. The van der Waals surface area contributed by atoms with Crippen molar-refractivity contribution >= 4 is 5.78 Å². The van der Waals surface area contributed by atoms with Crippen LogP contribution in [0.5, 0.6) is 0 Å². The Balaban J connectivity index is 1.66. The van der Waals surface area contributed by atoms with Gasteiger partial charge in [-0.1, -0.05) is 34.1 Å². The summed E-state index contributed by atoms with van der Waals surface area (Å²) < 4.78 is 0. The zero-order valence-electron chi connectivity index (χ0n) is 16.8. The molecule has 0 radical (unpaired) electrons. The quantitative estimate of drug-likeness (QED) is 0.743. The zero-order valence-corrected chi connectivity index (χ0v) is 16.8. The maximum atomic E-state index is 12.4. The van der Waals surface area contributed by atoms with Crippen LogP contribution in [0.2, 0.25) is 0 Å². The maximum absolute atomic E-state index is 12.4. The van der Waals surface area contributed by atoms with Crippen molar-refractivity contribution < 1.29 is 9.90 Å². The van der Waals surface area contributed by atoms with Crippen LogP contribution in [-0.4, -0.2) is 17.5 Å². The SMILES string of the molecule is C[C@H]1CC[C@@]2(C)C(CC[C@]3(C)C2CC[C@@]2(C)C3CC[C@@H]2C(=O)CO)C1. The van der Waals surface area contributed by atoms with Gasteiger partial charge in [-0.2, -0.15) is 0 Å². The number of aliphatic hydroxyl groups excluding tert-OH is 1. The highest BCUT2D eigenvalue weighted by molar-refractivity contribution is 5.83. The Bertz CT molecular complexity index is 556. The fraction of sp³-hybridized carbons (Fsp3) is 0.957. The van der Waals surface area contributed by atoms with Crippen LogP contribution < -0.4 is 0 Å². The predicted molar refractivity (Wildman–Crippen MR) is 101 cm³/mol. The molecule has 4 saturated carbocycles. The van der Waals surface area contributed by atoms with Crippen molar-refractivity contribution in [2.75, 3.05) is 6.61 Å². The summed E-state index contributed by atoms with van der Waals surface area (Å²) >= 11 is 0. The molecule has 3 unspecified atom stereocenters. The molecule has 0 heterocycles. The molecule has 0 spiro atoms. The molecular formula is C23H38O2. The van der Waals surface area contributed by atoms with Crippen LogP contribution in [-0.2, 0) is 4.79 Å². The van der Waals surface area contributed by atoms with Crippen LogP contribution in [0.25, 0.3) is 0 Å². The number of Topliss-reactive ketones (excluding diaryl/α,β-unsaturated/α-hetero) is 1. The maximum Gasteiger partial charge on any atom is 0.161 e. The van der Waals surface area contributed by atoms with E-state index in [1.165, 1.54) is 51.4 Å². The van der Waals surface area contributed by atoms with Gasteiger partial charge < -0.3 is 5.11 Å². The highest BCUT2D eigenvalue weighted by Crippen LogP contribution is 2.72. The van der Waals surface area contributed by atoms with E-state index in [0.717, 1.165) is 24.2 Å². The molecule has 8 atom stereocenters. The fourth-order valence-corrected chi connectivity index (χ4v) is 8.79. The summed E-state index contributed by atoms with van der Waals surface area (Å²) in [7, 11) is 0. The summed E-state index contributed by atoms with van der Waals surface area (Å²) in [5, 5.41) is 9.47. The van der Waals surface area contributed by atoms with Crippen LogP contribution in [0.15, 0.2) is 0 Å². The number of ketones is 1. The second-order valence-electron chi connectivity index (χ2n) is 11.0. The highest BCUT2D eigenvalue weighted by Gasteiger charge is 2.65. The predicted octanol–water partition coefficient (Wildman–Crippen LogP) is 5.23. The summed E-state index contributed by atoms with van der Waals surface area (Å²) in [6.07, 6.45) is 11.8. The van der Waals surface area contributed by atoms with E-state index in [1.807, 2.05) is 0 Å². The van der Waals surface area contributed by atoms with Crippen molar-refractivity contribution in [1.29, 1.82) is 0 Å². The molecule has 0 bridgehead atoms.